The van der Waals surface area contributed by atoms with Crippen LogP contribution in [0.2, 0.25) is 0 Å². The van der Waals surface area contributed by atoms with Crippen LogP contribution in [0.4, 0.5) is 5.69 Å². The van der Waals surface area contributed by atoms with E-state index in [1.165, 1.54) is 0 Å². The van der Waals surface area contributed by atoms with Crippen molar-refractivity contribution in [3.8, 4) is 0 Å². The third kappa shape index (κ3) is 3.66. The van der Waals surface area contributed by atoms with Crippen LogP contribution < -0.4 is 11.1 Å². The fourth-order valence-electron chi connectivity index (χ4n) is 1.71. The molecule has 0 aliphatic rings. The lowest BCUT2D eigenvalue weighted by atomic mass is 10.1. The Labute approximate surface area is 115 Å². The van der Waals surface area contributed by atoms with Crippen LogP contribution in [0.15, 0.2) is 41.1 Å². The van der Waals surface area contributed by atoms with Crippen LogP contribution >= 0.6 is 11.3 Å². The van der Waals surface area contributed by atoms with Crippen molar-refractivity contribution in [3.63, 3.8) is 0 Å². The third-order valence-electron chi connectivity index (χ3n) is 2.69. The summed E-state index contributed by atoms with van der Waals surface area (Å²) in [6, 6.07) is 8.72. The largest absolute Gasteiger partial charge is 0.366 e. The van der Waals surface area contributed by atoms with Gasteiger partial charge in [0.2, 0.25) is 5.91 Å². The summed E-state index contributed by atoms with van der Waals surface area (Å²) in [4.78, 5) is 23.0. The van der Waals surface area contributed by atoms with Crippen molar-refractivity contribution >= 4 is 28.8 Å². The summed E-state index contributed by atoms with van der Waals surface area (Å²) in [6.45, 7) is 0. The van der Waals surface area contributed by atoms with E-state index in [1.54, 1.807) is 35.6 Å². The van der Waals surface area contributed by atoms with Gasteiger partial charge in [0.15, 0.2) is 0 Å². The summed E-state index contributed by atoms with van der Waals surface area (Å²) in [5.74, 6) is -0.673. The van der Waals surface area contributed by atoms with E-state index in [2.05, 4.69) is 5.32 Å². The molecule has 0 aliphatic heterocycles. The molecule has 98 valence electrons. The van der Waals surface area contributed by atoms with Crippen molar-refractivity contribution in [2.24, 2.45) is 5.73 Å². The molecule has 0 saturated carbocycles. The van der Waals surface area contributed by atoms with Crippen LogP contribution in [-0.4, -0.2) is 11.8 Å². The fourth-order valence-corrected chi connectivity index (χ4v) is 2.42. The summed E-state index contributed by atoms with van der Waals surface area (Å²) in [5.41, 5.74) is 7.18. The number of para-hydroxylation sites is 1. The number of aryl methyl sites for hydroxylation is 1. The van der Waals surface area contributed by atoms with Gasteiger partial charge in [-0.2, -0.15) is 11.3 Å². The highest BCUT2D eigenvalue weighted by atomic mass is 32.1. The summed E-state index contributed by atoms with van der Waals surface area (Å²) in [6.07, 6.45) is 1.07. The minimum atomic E-state index is -0.547. The van der Waals surface area contributed by atoms with Crippen LogP contribution in [0, 0.1) is 0 Å². The molecule has 5 heteroatoms. The second-order valence-corrected chi connectivity index (χ2v) is 4.87. The highest BCUT2D eigenvalue weighted by molar-refractivity contribution is 7.07. The van der Waals surface area contributed by atoms with Gasteiger partial charge in [0.25, 0.3) is 5.91 Å². The average molecular weight is 274 g/mol. The zero-order valence-electron chi connectivity index (χ0n) is 10.3. The number of hydrogen-bond donors (Lipinski definition) is 2. The highest BCUT2D eigenvalue weighted by Gasteiger charge is 2.10. The minimum Gasteiger partial charge on any atom is -0.366 e. The van der Waals surface area contributed by atoms with E-state index in [1.807, 2.05) is 16.8 Å². The van der Waals surface area contributed by atoms with Crippen LogP contribution in [0.1, 0.15) is 22.3 Å². The molecule has 2 amide bonds. The summed E-state index contributed by atoms with van der Waals surface area (Å²) in [5, 5.41) is 6.72. The van der Waals surface area contributed by atoms with Crippen molar-refractivity contribution in [1.29, 1.82) is 0 Å². The fraction of sp³-hybridized carbons (Fsp3) is 0.143. The topological polar surface area (TPSA) is 72.2 Å². The number of primary amides is 1. The van der Waals surface area contributed by atoms with Gasteiger partial charge in [-0.15, -0.1) is 0 Å². The number of anilines is 1. The van der Waals surface area contributed by atoms with Crippen molar-refractivity contribution < 1.29 is 9.59 Å². The first-order chi connectivity index (χ1) is 9.16. The Morgan fingerprint density at radius 1 is 1.21 bits per heavy atom. The lowest BCUT2D eigenvalue weighted by Gasteiger charge is -2.08. The van der Waals surface area contributed by atoms with Gasteiger partial charge < -0.3 is 11.1 Å². The van der Waals surface area contributed by atoms with E-state index in [0.29, 0.717) is 24.1 Å². The lowest BCUT2D eigenvalue weighted by Crippen LogP contribution is -2.18. The number of carbonyl (C=O) groups is 2. The Kier molecular flexibility index (Phi) is 4.30. The first-order valence-electron chi connectivity index (χ1n) is 5.86. The van der Waals surface area contributed by atoms with Gasteiger partial charge in [0.05, 0.1) is 11.3 Å². The zero-order valence-corrected chi connectivity index (χ0v) is 11.1. The maximum absolute atomic E-state index is 11.8. The van der Waals surface area contributed by atoms with Gasteiger partial charge in [0.1, 0.15) is 0 Å². The first-order valence-corrected chi connectivity index (χ1v) is 6.81. The number of amides is 2. The number of carbonyl (C=O) groups excluding carboxylic acids is 2. The smallest absolute Gasteiger partial charge is 0.250 e. The standard InChI is InChI=1S/C14H14N2O2S/c15-14(18)11-3-1-2-4-12(11)16-13(17)6-5-10-7-8-19-9-10/h1-4,7-9H,5-6H2,(H2,15,18)(H,16,17). The number of nitrogens with two attached hydrogens (primary N) is 1. The molecule has 0 radical (unpaired) electrons. The Balaban J connectivity index is 1.97. The van der Waals surface area contributed by atoms with Gasteiger partial charge in [0, 0.05) is 6.42 Å². The van der Waals surface area contributed by atoms with E-state index in [9.17, 15) is 9.59 Å². The minimum absolute atomic E-state index is 0.125. The van der Waals surface area contributed by atoms with E-state index in [4.69, 9.17) is 5.73 Å². The molecule has 0 atom stereocenters. The molecular weight excluding hydrogens is 260 g/mol. The average Bonchev–Trinajstić information content (AvgIpc) is 2.90. The SMILES string of the molecule is NC(=O)c1ccccc1NC(=O)CCc1ccsc1. The van der Waals surface area contributed by atoms with E-state index in [-0.39, 0.29) is 5.91 Å². The molecule has 19 heavy (non-hydrogen) atoms. The number of nitrogens with one attached hydrogen (secondary N) is 1. The predicted octanol–water partition coefficient (Wildman–Crippen LogP) is 2.42. The number of benzene rings is 1. The van der Waals surface area contributed by atoms with Gasteiger partial charge in [-0.25, -0.2) is 0 Å². The van der Waals surface area contributed by atoms with Gasteiger partial charge in [-0.05, 0) is 40.9 Å². The van der Waals surface area contributed by atoms with Gasteiger partial charge >= 0.3 is 0 Å². The highest BCUT2D eigenvalue weighted by Crippen LogP contribution is 2.15. The maximum Gasteiger partial charge on any atom is 0.250 e. The first kappa shape index (κ1) is 13.3. The molecule has 0 aliphatic carbocycles. The molecule has 3 N–H and O–H groups in total. The molecule has 2 aromatic rings. The second-order valence-electron chi connectivity index (χ2n) is 4.09. The second kappa shape index (κ2) is 6.15. The molecule has 4 nitrogen and oxygen atoms in total. The lowest BCUT2D eigenvalue weighted by molar-refractivity contribution is -0.116. The molecule has 0 unspecified atom stereocenters. The normalized spacial score (nSPS) is 10.1. The van der Waals surface area contributed by atoms with Gasteiger partial charge in [-0.3, -0.25) is 9.59 Å². The van der Waals surface area contributed by atoms with Crippen LogP contribution in [0.5, 0.6) is 0 Å². The van der Waals surface area contributed by atoms with Crippen molar-refractivity contribution in [2.45, 2.75) is 12.8 Å². The molecule has 0 fully saturated rings. The summed E-state index contributed by atoms with van der Waals surface area (Å²) in [7, 11) is 0. The van der Waals surface area contributed by atoms with Crippen molar-refractivity contribution in [2.75, 3.05) is 5.32 Å². The van der Waals surface area contributed by atoms with Gasteiger partial charge in [-0.1, -0.05) is 12.1 Å². The maximum atomic E-state index is 11.8. The molecule has 1 aromatic heterocycles. The molecule has 0 saturated heterocycles. The number of thiophene rings is 1. The Hall–Kier alpha value is -2.14. The quantitative estimate of drug-likeness (QED) is 0.878. The van der Waals surface area contributed by atoms with Crippen LogP contribution in [0.25, 0.3) is 0 Å². The molecule has 0 spiro atoms. The summed E-state index contributed by atoms with van der Waals surface area (Å²) < 4.78 is 0. The molecule has 1 heterocycles. The summed E-state index contributed by atoms with van der Waals surface area (Å²) >= 11 is 1.61. The van der Waals surface area contributed by atoms with Crippen LogP contribution in [-0.2, 0) is 11.2 Å². The third-order valence-corrected chi connectivity index (χ3v) is 3.42. The monoisotopic (exact) mass is 274 g/mol. The molecule has 1 aromatic carbocycles. The molecular formula is C14H14N2O2S. The predicted molar refractivity (Wildman–Crippen MR) is 76.2 cm³/mol. The number of hydrogen-bond acceptors (Lipinski definition) is 3. The Bertz CT molecular complexity index is 579. The zero-order chi connectivity index (χ0) is 13.7. The van der Waals surface area contributed by atoms with Crippen molar-refractivity contribution in [3.05, 3.63) is 52.2 Å². The van der Waals surface area contributed by atoms with E-state index < -0.39 is 5.91 Å². The Morgan fingerprint density at radius 2 is 2.00 bits per heavy atom. The molecule has 0 bridgehead atoms. The van der Waals surface area contributed by atoms with Crippen LogP contribution in [0.3, 0.4) is 0 Å². The van der Waals surface area contributed by atoms with E-state index in [0.717, 1.165) is 5.56 Å². The van der Waals surface area contributed by atoms with Crippen molar-refractivity contribution in [1.82, 2.24) is 0 Å². The Morgan fingerprint density at radius 3 is 2.68 bits per heavy atom. The number of rotatable bonds is 5. The van der Waals surface area contributed by atoms with E-state index >= 15 is 0 Å². The molecule has 2 rings (SSSR count).